The predicted octanol–water partition coefficient (Wildman–Crippen LogP) is 6.16. The van der Waals surface area contributed by atoms with E-state index in [0.29, 0.717) is 50.8 Å². The minimum Gasteiger partial charge on any atom is -0.488 e. The van der Waals surface area contributed by atoms with E-state index in [-0.39, 0.29) is 11.5 Å². The van der Waals surface area contributed by atoms with Crippen molar-refractivity contribution >= 4 is 35.0 Å². The maximum atomic E-state index is 13.7. The van der Waals surface area contributed by atoms with Gasteiger partial charge in [-0.25, -0.2) is 4.90 Å². The van der Waals surface area contributed by atoms with Crippen molar-refractivity contribution in [1.29, 1.82) is 0 Å². The number of thioether (sulfide) groups is 1. The third kappa shape index (κ3) is 5.36. The first-order valence-corrected chi connectivity index (χ1v) is 14.4. The van der Waals surface area contributed by atoms with Crippen LogP contribution in [0.3, 0.4) is 0 Å². The van der Waals surface area contributed by atoms with E-state index in [4.69, 9.17) is 21.4 Å². The normalized spacial score (nSPS) is 13.8. The van der Waals surface area contributed by atoms with Gasteiger partial charge in [0.1, 0.15) is 12.4 Å². The Morgan fingerprint density at radius 3 is 2.49 bits per heavy atom. The smallest absolute Gasteiger partial charge is 0.325 e. The third-order valence-corrected chi connectivity index (χ3v) is 8.14. The SMILES string of the molecule is CC(=O)N1c2ccccc2-c2c(=O)[nH]c(SCc3ccccc3Cl)n[n+]2C1c1ccccc1OCc1ccccc1. The van der Waals surface area contributed by atoms with Crippen molar-refractivity contribution in [3.63, 3.8) is 0 Å². The fourth-order valence-electron chi connectivity index (χ4n) is 4.98. The molecule has 0 aliphatic carbocycles. The Hall–Kier alpha value is -4.40. The number of rotatable bonds is 7. The largest absolute Gasteiger partial charge is 0.488 e. The van der Waals surface area contributed by atoms with Crippen molar-refractivity contribution in [2.75, 3.05) is 4.90 Å². The molecule has 0 fully saturated rings. The number of hydrogen-bond donors (Lipinski definition) is 1. The highest BCUT2D eigenvalue weighted by Gasteiger charge is 2.46. The molecule has 5 aromatic rings. The summed E-state index contributed by atoms with van der Waals surface area (Å²) in [5.74, 6) is 0.916. The first-order valence-electron chi connectivity index (χ1n) is 13.1. The van der Waals surface area contributed by atoms with Crippen LogP contribution in [-0.4, -0.2) is 16.0 Å². The maximum Gasteiger partial charge on any atom is 0.325 e. The Morgan fingerprint density at radius 1 is 0.976 bits per heavy atom. The van der Waals surface area contributed by atoms with Crippen molar-refractivity contribution in [2.24, 2.45) is 0 Å². The minimum atomic E-state index is -0.758. The van der Waals surface area contributed by atoms with Crippen LogP contribution in [0.15, 0.2) is 113 Å². The number of nitrogens with one attached hydrogen (secondary N) is 1. The maximum absolute atomic E-state index is 13.7. The molecule has 9 heteroatoms. The molecular formula is C32H26ClN4O3S+. The zero-order valence-electron chi connectivity index (χ0n) is 22.2. The second-order valence-corrected chi connectivity index (χ2v) is 10.9. The molecule has 0 saturated heterocycles. The molecule has 0 radical (unpaired) electrons. The Labute approximate surface area is 246 Å². The average molecular weight is 582 g/mol. The van der Waals surface area contributed by atoms with Gasteiger partial charge in [-0.3, -0.25) is 14.6 Å². The topological polar surface area (TPSA) is 79.2 Å². The zero-order chi connectivity index (χ0) is 28.3. The molecule has 41 heavy (non-hydrogen) atoms. The number of halogens is 1. The summed E-state index contributed by atoms with van der Waals surface area (Å²) < 4.78 is 7.94. The Morgan fingerprint density at radius 2 is 1.68 bits per heavy atom. The lowest BCUT2D eigenvalue weighted by Gasteiger charge is -2.32. The van der Waals surface area contributed by atoms with Gasteiger partial charge in [-0.15, -0.1) is 0 Å². The monoisotopic (exact) mass is 581 g/mol. The van der Waals surface area contributed by atoms with E-state index in [0.717, 1.165) is 11.1 Å². The summed E-state index contributed by atoms with van der Waals surface area (Å²) in [6.07, 6.45) is -0.758. The van der Waals surface area contributed by atoms with Crippen molar-refractivity contribution in [2.45, 2.75) is 30.6 Å². The molecule has 1 unspecified atom stereocenters. The fraction of sp³-hybridized carbons (Fsp3) is 0.125. The molecule has 1 amide bonds. The van der Waals surface area contributed by atoms with Crippen LogP contribution in [0.4, 0.5) is 5.69 Å². The summed E-state index contributed by atoms with van der Waals surface area (Å²) in [6.45, 7) is 1.86. The number of anilines is 1. The number of fused-ring (bicyclic) bond motifs is 3. The lowest BCUT2D eigenvalue weighted by Crippen LogP contribution is -2.60. The number of hydrogen-bond acceptors (Lipinski definition) is 5. The van der Waals surface area contributed by atoms with Crippen LogP contribution in [-0.2, 0) is 17.2 Å². The van der Waals surface area contributed by atoms with Crippen molar-refractivity contribution < 1.29 is 14.2 Å². The van der Waals surface area contributed by atoms with Gasteiger partial charge in [-0.1, -0.05) is 96.2 Å². The van der Waals surface area contributed by atoms with Gasteiger partial charge in [0.25, 0.3) is 6.17 Å². The van der Waals surface area contributed by atoms with Crippen LogP contribution in [0.1, 0.15) is 29.8 Å². The van der Waals surface area contributed by atoms with Gasteiger partial charge in [0, 0.05) is 22.8 Å². The molecule has 1 atom stereocenters. The number of ether oxygens (including phenoxy) is 1. The van der Waals surface area contributed by atoms with Crippen LogP contribution < -0.4 is 19.9 Å². The Balaban J connectivity index is 1.48. The summed E-state index contributed by atoms with van der Waals surface area (Å²) in [5, 5.41) is 5.96. The first-order chi connectivity index (χ1) is 20.0. The van der Waals surface area contributed by atoms with Gasteiger partial charge in [0.2, 0.25) is 11.1 Å². The lowest BCUT2D eigenvalue weighted by atomic mass is 10.0. The van der Waals surface area contributed by atoms with E-state index in [9.17, 15) is 9.59 Å². The van der Waals surface area contributed by atoms with Gasteiger partial charge < -0.3 is 4.74 Å². The molecule has 4 aromatic carbocycles. The number of aromatic amines is 1. The highest BCUT2D eigenvalue weighted by molar-refractivity contribution is 7.98. The van der Waals surface area contributed by atoms with Crippen LogP contribution in [0.2, 0.25) is 5.02 Å². The second kappa shape index (κ2) is 11.6. The highest BCUT2D eigenvalue weighted by Crippen LogP contribution is 2.39. The fourth-order valence-corrected chi connectivity index (χ4v) is 6.12. The number of carbonyl (C=O) groups is 1. The van der Waals surface area contributed by atoms with Crippen molar-refractivity contribution in [1.82, 2.24) is 10.1 Å². The summed E-state index contributed by atoms with van der Waals surface area (Å²) in [4.78, 5) is 31.6. The molecule has 1 aliphatic heterocycles. The number of carbonyl (C=O) groups excluding carboxylic acids is 1. The highest BCUT2D eigenvalue weighted by atomic mass is 35.5. The van der Waals surface area contributed by atoms with E-state index >= 15 is 0 Å². The van der Waals surface area contributed by atoms with E-state index in [1.54, 1.807) is 9.58 Å². The molecular weight excluding hydrogens is 556 g/mol. The van der Waals surface area contributed by atoms with Gasteiger partial charge in [0.05, 0.1) is 16.8 Å². The number of aromatic nitrogens is 3. The Kier molecular flexibility index (Phi) is 7.59. The lowest BCUT2D eigenvalue weighted by molar-refractivity contribution is -0.763. The molecule has 204 valence electrons. The number of amides is 1. The summed E-state index contributed by atoms with van der Waals surface area (Å²) in [5.41, 5.74) is 3.97. The summed E-state index contributed by atoms with van der Waals surface area (Å²) in [6, 6.07) is 32.4. The van der Waals surface area contributed by atoms with Crippen LogP contribution in [0, 0.1) is 0 Å². The number of para-hydroxylation sites is 2. The van der Waals surface area contributed by atoms with E-state index in [2.05, 4.69) is 4.98 Å². The average Bonchev–Trinajstić information content (AvgIpc) is 2.99. The van der Waals surface area contributed by atoms with Gasteiger partial charge in [0.15, 0.2) is 0 Å². The molecule has 0 saturated carbocycles. The van der Waals surface area contributed by atoms with Crippen molar-refractivity contribution in [3.8, 4) is 17.0 Å². The molecule has 6 rings (SSSR count). The van der Waals surface area contributed by atoms with Gasteiger partial charge in [-0.05, 0) is 46.1 Å². The van der Waals surface area contributed by atoms with E-state index in [1.165, 1.54) is 18.7 Å². The van der Waals surface area contributed by atoms with Crippen molar-refractivity contribution in [3.05, 3.63) is 135 Å². The van der Waals surface area contributed by atoms with Crippen LogP contribution >= 0.6 is 23.4 Å². The summed E-state index contributed by atoms with van der Waals surface area (Å²) in [7, 11) is 0. The van der Waals surface area contributed by atoms with E-state index in [1.807, 2.05) is 103 Å². The molecule has 0 bridgehead atoms. The second-order valence-electron chi connectivity index (χ2n) is 9.52. The third-order valence-electron chi connectivity index (χ3n) is 6.85. The van der Waals surface area contributed by atoms with Gasteiger partial charge in [-0.2, -0.15) is 0 Å². The molecule has 1 aromatic heterocycles. The first kappa shape index (κ1) is 26.8. The molecule has 2 heterocycles. The zero-order valence-corrected chi connectivity index (χ0v) is 23.7. The quantitative estimate of drug-likeness (QED) is 0.184. The molecule has 0 spiro atoms. The molecule has 7 nitrogen and oxygen atoms in total. The Bertz CT molecular complexity index is 1790. The van der Waals surface area contributed by atoms with Crippen LogP contribution in [0.25, 0.3) is 11.3 Å². The molecule has 1 aliphatic rings. The van der Waals surface area contributed by atoms with Crippen LogP contribution in [0.5, 0.6) is 5.75 Å². The number of H-pyrrole nitrogens is 1. The number of benzene rings is 4. The van der Waals surface area contributed by atoms with Gasteiger partial charge >= 0.3 is 11.3 Å². The number of nitrogens with zero attached hydrogens (tertiary/aromatic N) is 3. The van der Waals surface area contributed by atoms with E-state index < -0.39 is 6.17 Å². The minimum absolute atomic E-state index is 0.189. The molecule has 1 N–H and O–H groups in total. The standard InChI is InChI=1S/C32H25ClN4O3S/c1-21(38)36-27-17-9-6-14-24(27)29-30(39)34-32(41-20-23-13-5-8-16-26(23)33)35-37(29)31(36)25-15-7-10-18-28(25)40-19-22-11-3-2-4-12-22/h2-18,31H,19-20H2,1H3/p+1. The predicted molar refractivity (Wildman–Crippen MR) is 160 cm³/mol. The summed E-state index contributed by atoms with van der Waals surface area (Å²) >= 11 is 7.74.